The molecule has 3 N–H and O–H groups in total. The quantitative estimate of drug-likeness (QED) is 0.758. The van der Waals surface area contributed by atoms with E-state index in [0.717, 1.165) is 0 Å². The Bertz CT molecular complexity index is 701. The van der Waals surface area contributed by atoms with Crippen molar-refractivity contribution >= 4 is 35.0 Å². The molecule has 0 spiro atoms. The SMILES string of the molecule is Cc1cc(Cl)[nH]c1C(=O)c1[nH]c(CC(=O)O)c(C)c1Cl. The van der Waals surface area contributed by atoms with Gasteiger partial charge in [0.2, 0.25) is 5.78 Å². The number of carbonyl (C=O) groups excluding carboxylic acids is 1. The first-order valence-electron chi connectivity index (χ1n) is 5.79. The van der Waals surface area contributed by atoms with E-state index in [4.69, 9.17) is 28.3 Å². The normalized spacial score (nSPS) is 10.8. The average molecular weight is 315 g/mol. The molecule has 2 aromatic rings. The fourth-order valence-corrected chi connectivity index (χ4v) is 2.49. The molecule has 106 valence electrons. The Labute approximate surface area is 124 Å². The van der Waals surface area contributed by atoms with Crippen LogP contribution in [0.15, 0.2) is 6.07 Å². The molecule has 0 aromatic carbocycles. The number of aliphatic carboxylic acids is 1. The maximum atomic E-state index is 12.4. The van der Waals surface area contributed by atoms with E-state index in [9.17, 15) is 9.59 Å². The number of carboxylic acid groups (broad SMARTS) is 1. The highest BCUT2D eigenvalue weighted by atomic mass is 35.5. The van der Waals surface area contributed by atoms with Gasteiger partial charge >= 0.3 is 5.97 Å². The predicted molar refractivity (Wildman–Crippen MR) is 75.9 cm³/mol. The molecule has 0 aliphatic heterocycles. The largest absolute Gasteiger partial charge is 0.481 e. The van der Waals surface area contributed by atoms with Crippen LogP contribution in [-0.4, -0.2) is 26.8 Å². The number of rotatable bonds is 4. The minimum atomic E-state index is -0.996. The molecule has 0 aliphatic rings. The van der Waals surface area contributed by atoms with Gasteiger partial charge in [0.05, 0.1) is 17.1 Å². The van der Waals surface area contributed by atoms with Crippen molar-refractivity contribution in [1.29, 1.82) is 0 Å². The van der Waals surface area contributed by atoms with Crippen molar-refractivity contribution in [3.63, 3.8) is 0 Å². The van der Waals surface area contributed by atoms with Crippen LogP contribution in [0.1, 0.15) is 33.0 Å². The van der Waals surface area contributed by atoms with E-state index in [1.807, 2.05) is 0 Å². The summed E-state index contributed by atoms with van der Waals surface area (Å²) in [5, 5.41) is 9.41. The summed E-state index contributed by atoms with van der Waals surface area (Å²) in [6, 6.07) is 1.64. The lowest BCUT2D eigenvalue weighted by Gasteiger charge is -1.98. The summed E-state index contributed by atoms with van der Waals surface area (Å²) in [5.41, 5.74) is 2.18. The Morgan fingerprint density at radius 3 is 2.35 bits per heavy atom. The van der Waals surface area contributed by atoms with E-state index in [0.29, 0.717) is 27.7 Å². The van der Waals surface area contributed by atoms with Crippen LogP contribution in [0.25, 0.3) is 0 Å². The number of aromatic nitrogens is 2. The van der Waals surface area contributed by atoms with Crippen LogP contribution < -0.4 is 0 Å². The number of aryl methyl sites for hydroxylation is 1. The summed E-state index contributed by atoms with van der Waals surface area (Å²) >= 11 is 11.9. The van der Waals surface area contributed by atoms with Crippen molar-refractivity contribution in [1.82, 2.24) is 9.97 Å². The van der Waals surface area contributed by atoms with Crippen molar-refractivity contribution in [2.75, 3.05) is 0 Å². The number of carboxylic acids is 1. The summed E-state index contributed by atoms with van der Waals surface area (Å²) in [4.78, 5) is 28.7. The summed E-state index contributed by atoms with van der Waals surface area (Å²) in [7, 11) is 0. The van der Waals surface area contributed by atoms with Gasteiger partial charge in [-0.1, -0.05) is 23.2 Å². The van der Waals surface area contributed by atoms with Crippen LogP contribution in [0.2, 0.25) is 10.2 Å². The van der Waals surface area contributed by atoms with E-state index < -0.39 is 5.97 Å². The summed E-state index contributed by atoms with van der Waals surface area (Å²) in [6.45, 7) is 3.42. The molecule has 0 saturated carbocycles. The molecule has 0 aliphatic carbocycles. The van der Waals surface area contributed by atoms with Gasteiger partial charge in [-0.15, -0.1) is 0 Å². The molecule has 0 fully saturated rings. The van der Waals surface area contributed by atoms with Crippen LogP contribution in [0.3, 0.4) is 0 Å². The van der Waals surface area contributed by atoms with Crippen molar-refractivity contribution in [3.05, 3.63) is 44.5 Å². The van der Waals surface area contributed by atoms with E-state index >= 15 is 0 Å². The smallest absolute Gasteiger partial charge is 0.309 e. The number of halogens is 2. The first kappa shape index (κ1) is 14.7. The second kappa shape index (κ2) is 5.34. The van der Waals surface area contributed by atoms with Crippen LogP contribution >= 0.6 is 23.2 Å². The average Bonchev–Trinajstić information content (AvgIpc) is 2.82. The molecule has 5 nitrogen and oxygen atoms in total. The third kappa shape index (κ3) is 2.59. The molecule has 0 radical (unpaired) electrons. The Morgan fingerprint density at radius 2 is 1.85 bits per heavy atom. The Kier molecular flexibility index (Phi) is 3.92. The topological polar surface area (TPSA) is 86.0 Å². The number of carbonyl (C=O) groups is 2. The Balaban J connectivity index is 2.45. The molecule has 20 heavy (non-hydrogen) atoms. The zero-order chi connectivity index (χ0) is 15.0. The van der Waals surface area contributed by atoms with Crippen LogP contribution in [0, 0.1) is 13.8 Å². The van der Waals surface area contributed by atoms with E-state index in [1.54, 1.807) is 19.9 Å². The zero-order valence-electron chi connectivity index (χ0n) is 10.8. The van der Waals surface area contributed by atoms with E-state index in [-0.39, 0.29) is 22.9 Å². The molecule has 2 heterocycles. The molecule has 7 heteroatoms. The number of hydrogen-bond donors (Lipinski definition) is 3. The van der Waals surface area contributed by atoms with Crippen molar-refractivity contribution in [2.24, 2.45) is 0 Å². The molecule has 0 bridgehead atoms. The molecule has 2 rings (SSSR count). The van der Waals surface area contributed by atoms with Crippen molar-refractivity contribution in [3.8, 4) is 0 Å². The standard InChI is InChI=1S/C13H12Cl2N2O3/c1-5-3-8(14)17-11(5)13(20)12-10(15)6(2)7(16-12)4-9(18)19/h3,16-17H,4H2,1-2H3,(H,18,19). The third-order valence-corrected chi connectivity index (χ3v) is 3.72. The molecule has 0 unspecified atom stereocenters. The summed E-state index contributed by atoms with van der Waals surface area (Å²) < 4.78 is 0. The lowest BCUT2D eigenvalue weighted by molar-refractivity contribution is -0.136. The van der Waals surface area contributed by atoms with Gasteiger partial charge in [0, 0.05) is 5.69 Å². The highest BCUT2D eigenvalue weighted by Crippen LogP contribution is 2.27. The van der Waals surface area contributed by atoms with E-state index in [2.05, 4.69) is 9.97 Å². The maximum Gasteiger partial charge on any atom is 0.309 e. The number of aromatic amines is 2. The van der Waals surface area contributed by atoms with E-state index in [1.165, 1.54) is 0 Å². The van der Waals surface area contributed by atoms with Crippen LogP contribution in [0.4, 0.5) is 0 Å². The van der Waals surface area contributed by atoms with Gasteiger partial charge < -0.3 is 15.1 Å². The highest BCUT2D eigenvalue weighted by Gasteiger charge is 2.23. The van der Waals surface area contributed by atoms with Gasteiger partial charge in [-0.3, -0.25) is 9.59 Å². The van der Waals surface area contributed by atoms with Gasteiger partial charge in [0.15, 0.2) is 0 Å². The lowest BCUT2D eigenvalue weighted by Crippen LogP contribution is -2.06. The second-order valence-electron chi connectivity index (χ2n) is 4.49. The van der Waals surface area contributed by atoms with Crippen molar-refractivity contribution < 1.29 is 14.7 Å². The van der Waals surface area contributed by atoms with Gasteiger partial charge in [-0.25, -0.2) is 0 Å². The second-order valence-corrected chi connectivity index (χ2v) is 5.28. The third-order valence-electron chi connectivity index (χ3n) is 3.04. The Morgan fingerprint density at radius 1 is 1.20 bits per heavy atom. The number of H-pyrrole nitrogens is 2. The summed E-state index contributed by atoms with van der Waals surface area (Å²) in [5.74, 6) is -1.34. The molecule has 0 saturated heterocycles. The van der Waals surface area contributed by atoms with Gasteiger partial charge in [-0.05, 0) is 31.0 Å². The minimum Gasteiger partial charge on any atom is -0.481 e. The number of hydrogen-bond acceptors (Lipinski definition) is 2. The number of nitrogens with one attached hydrogen (secondary N) is 2. The zero-order valence-corrected chi connectivity index (χ0v) is 12.3. The van der Waals surface area contributed by atoms with Gasteiger partial charge in [0.1, 0.15) is 10.8 Å². The predicted octanol–water partition coefficient (Wildman–Crippen LogP) is 3.12. The van der Waals surface area contributed by atoms with Gasteiger partial charge in [0.25, 0.3) is 0 Å². The molecule has 0 amide bonds. The van der Waals surface area contributed by atoms with Crippen molar-refractivity contribution in [2.45, 2.75) is 20.3 Å². The molecular formula is C13H12Cl2N2O3. The lowest BCUT2D eigenvalue weighted by atomic mass is 10.1. The molecular weight excluding hydrogens is 303 g/mol. The van der Waals surface area contributed by atoms with Crippen LogP contribution in [0.5, 0.6) is 0 Å². The highest BCUT2D eigenvalue weighted by molar-refractivity contribution is 6.35. The van der Waals surface area contributed by atoms with Crippen LogP contribution in [-0.2, 0) is 11.2 Å². The monoisotopic (exact) mass is 314 g/mol. The first-order valence-corrected chi connectivity index (χ1v) is 6.55. The summed E-state index contributed by atoms with van der Waals surface area (Å²) in [6.07, 6.45) is -0.219. The fourth-order valence-electron chi connectivity index (χ4n) is 1.98. The first-order chi connectivity index (χ1) is 9.31. The fraction of sp³-hybridized carbons (Fsp3) is 0.231. The minimum absolute atomic E-state index is 0.169. The Hall–Kier alpha value is -1.72. The molecule has 2 aromatic heterocycles. The molecule has 0 atom stereocenters. The maximum absolute atomic E-state index is 12.4. The van der Waals surface area contributed by atoms with Gasteiger partial charge in [-0.2, -0.15) is 0 Å². The number of ketones is 1.